The van der Waals surface area contributed by atoms with Crippen LogP contribution < -0.4 is 0 Å². The highest BCUT2D eigenvalue weighted by molar-refractivity contribution is 5.92. The third-order valence-corrected chi connectivity index (χ3v) is 9.23. The lowest BCUT2D eigenvalue weighted by Gasteiger charge is -2.51. The zero-order chi connectivity index (χ0) is 19.5. The number of allylic oxidation sites excluding steroid dienone is 4. The van der Waals surface area contributed by atoms with Crippen LogP contribution in [0.2, 0.25) is 0 Å². The first-order valence-corrected chi connectivity index (χ1v) is 11.6. The number of hydrogen-bond acceptors (Lipinski definition) is 3. The van der Waals surface area contributed by atoms with E-state index in [1.54, 1.807) is 5.57 Å². The van der Waals surface area contributed by atoms with Crippen LogP contribution in [0.5, 0.6) is 0 Å². The summed E-state index contributed by atoms with van der Waals surface area (Å²) < 4.78 is 12.7. The predicted octanol–water partition coefficient (Wildman–Crippen LogP) is 5.74. The Morgan fingerprint density at radius 3 is 2.61 bits per heavy atom. The average molecular weight is 385 g/mol. The fraction of sp³-hybridized carbons (Fsp3) is 0.800. The van der Waals surface area contributed by atoms with Gasteiger partial charge in [0.25, 0.3) is 0 Å². The van der Waals surface area contributed by atoms with Crippen molar-refractivity contribution in [1.82, 2.24) is 0 Å². The van der Waals surface area contributed by atoms with Crippen molar-refractivity contribution in [3.05, 3.63) is 22.8 Å². The average Bonchev–Trinajstić information content (AvgIpc) is 3.28. The number of carbonyl (C=O) groups excluding carboxylic acids is 1. The molecule has 3 fully saturated rings. The van der Waals surface area contributed by atoms with E-state index in [1.165, 1.54) is 56.1 Å². The minimum Gasteiger partial charge on any atom is -0.353 e. The lowest BCUT2D eigenvalue weighted by atomic mass is 9.56. The van der Waals surface area contributed by atoms with Crippen LogP contribution in [0.1, 0.15) is 84.5 Å². The summed E-state index contributed by atoms with van der Waals surface area (Å²) in [6, 6.07) is 0. The number of ether oxygens (including phenoxy) is 2. The summed E-state index contributed by atoms with van der Waals surface area (Å²) >= 11 is 0. The predicted molar refractivity (Wildman–Crippen MR) is 110 cm³/mol. The fourth-order valence-electron chi connectivity index (χ4n) is 7.56. The highest BCUT2D eigenvalue weighted by Gasteiger charge is 2.56. The van der Waals surface area contributed by atoms with Crippen molar-refractivity contribution in [3.8, 4) is 0 Å². The van der Waals surface area contributed by atoms with E-state index in [0.29, 0.717) is 23.7 Å². The van der Waals surface area contributed by atoms with Crippen molar-refractivity contribution in [2.24, 2.45) is 23.2 Å². The molecule has 0 aromatic heterocycles. The van der Waals surface area contributed by atoms with E-state index in [2.05, 4.69) is 13.8 Å². The molecule has 0 aromatic rings. The van der Waals surface area contributed by atoms with Crippen LogP contribution in [0.4, 0.5) is 0 Å². The molecule has 0 spiro atoms. The van der Waals surface area contributed by atoms with Crippen molar-refractivity contribution < 1.29 is 14.3 Å². The molecule has 0 aromatic carbocycles. The maximum Gasteiger partial charge on any atom is 0.168 e. The van der Waals surface area contributed by atoms with E-state index in [4.69, 9.17) is 9.47 Å². The molecule has 0 bridgehead atoms. The van der Waals surface area contributed by atoms with Crippen molar-refractivity contribution in [1.29, 1.82) is 0 Å². The van der Waals surface area contributed by atoms with Gasteiger partial charge in [-0.05, 0) is 98.7 Å². The van der Waals surface area contributed by atoms with E-state index >= 15 is 0 Å². The molecule has 0 saturated heterocycles. The van der Waals surface area contributed by atoms with E-state index < -0.39 is 0 Å². The summed E-state index contributed by atoms with van der Waals surface area (Å²) in [7, 11) is 1.84. The molecular weight excluding hydrogens is 348 g/mol. The maximum absolute atomic E-state index is 12.0. The molecule has 154 valence electrons. The van der Waals surface area contributed by atoms with Gasteiger partial charge in [0.1, 0.15) is 0 Å². The summed E-state index contributed by atoms with van der Waals surface area (Å²) in [6.07, 6.45) is 14.8. The van der Waals surface area contributed by atoms with Crippen LogP contribution in [-0.2, 0) is 14.3 Å². The van der Waals surface area contributed by atoms with Gasteiger partial charge in [-0.25, -0.2) is 0 Å². The van der Waals surface area contributed by atoms with Gasteiger partial charge in [0.15, 0.2) is 11.6 Å². The summed E-state index contributed by atoms with van der Waals surface area (Å²) in [6.45, 7) is 4.80. The van der Waals surface area contributed by atoms with Crippen molar-refractivity contribution in [3.63, 3.8) is 0 Å². The largest absolute Gasteiger partial charge is 0.353 e. The number of fused-ring (bicyclic) bond motifs is 4. The first kappa shape index (κ1) is 19.1. The molecule has 0 radical (unpaired) electrons. The minimum atomic E-state index is -0.319. The van der Waals surface area contributed by atoms with Gasteiger partial charge in [0.2, 0.25) is 0 Å². The van der Waals surface area contributed by atoms with E-state index in [-0.39, 0.29) is 11.2 Å². The standard InChI is InChI=1S/C25H36O3/c1-16-19-10-13-24(2)22(21(19)14-17-6-7-18(26)15-20(16)17)8-9-23(24)28-25(27-3)11-4-5-12-25/h15,17,21-23H,4-14H2,1-3H3. The molecule has 28 heavy (non-hydrogen) atoms. The Hall–Kier alpha value is -0.930. The van der Waals surface area contributed by atoms with Crippen molar-refractivity contribution in [2.75, 3.05) is 7.11 Å². The molecule has 5 aliphatic carbocycles. The number of rotatable bonds is 3. The van der Waals surface area contributed by atoms with Crippen LogP contribution in [0, 0.1) is 23.2 Å². The van der Waals surface area contributed by atoms with Crippen LogP contribution >= 0.6 is 0 Å². The fourth-order valence-corrected chi connectivity index (χ4v) is 7.56. The van der Waals surface area contributed by atoms with Crippen LogP contribution in [0.25, 0.3) is 0 Å². The number of hydrogen-bond donors (Lipinski definition) is 0. The number of carbonyl (C=O) groups is 1. The second kappa shape index (κ2) is 6.80. The summed E-state index contributed by atoms with van der Waals surface area (Å²) in [5.74, 6) is 2.05. The van der Waals surface area contributed by atoms with Crippen LogP contribution in [-0.4, -0.2) is 24.8 Å². The Morgan fingerprint density at radius 2 is 1.86 bits per heavy atom. The molecule has 5 unspecified atom stereocenters. The second-order valence-corrected chi connectivity index (χ2v) is 10.4. The molecule has 3 saturated carbocycles. The Balaban J connectivity index is 1.42. The van der Waals surface area contributed by atoms with Crippen LogP contribution in [0.3, 0.4) is 0 Å². The third-order valence-electron chi connectivity index (χ3n) is 9.23. The minimum absolute atomic E-state index is 0.272. The Bertz CT molecular complexity index is 726. The van der Waals surface area contributed by atoms with Gasteiger partial charge in [-0.2, -0.15) is 0 Å². The monoisotopic (exact) mass is 384 g/mol. The SMILES string of the molecule is COC1(OC2CCC3C4CC5CCC(=O)C=C5C(C)=C4CCC23C)CCCC1. The van der Waals surface area contributed by atoms with Crippen molar-refractivity contribution in [2.45, 2.75) is 96.4 Å². The smallest absolute Gasteiger partial charge is 0.168 e. The van der Waals surface area contributed by atoms with Gasteiger partial charge in [-0.1, -0.05) is 12.5 Å². The molecule has 0 aliphatic heterocycles. The molecule has 0 N–H and O–H groups in total. The Morgan fingerprint density at radius 1 is 1.07 bits per heavy atom. The van der Waals surface area contributed by atoms with Gasteiger partial charge in [0.05, 0.1) is 6.10 Å². The highest BCUT2D eigenvalue weighted by Crippen LogP contribution is 2.62. The molecule has 5 rings (SSSR count). The topological polar surface area (TPSA) is 35.5 Å². The van der Waals surface area contributed by atoms with Crippen LogP contribution in [0.15, 0.2) is 22.8 Å². The lowest BCUT2D eigenvalue weighted by molar-refractivity contribution is -0.260. The summed E-state index contributed by atoms with van der Waals surface area (Å²) in [5.41, 5.74) is 4.78. The first-order chi connectivity index (χ1) is 13.5. The van der Waals surface area contributed by atoms with Gasteiger partial charge >= 0.3 is 0 Å². The van der Waals surface area contributed by atoms with Gasteiger partial charge in [-0.15, -0.1) is 0 Å². The summed E-state index contributed by atoms with van der Waals surface area (Å²) in [4.78, 5) is 12.0. The highest BCUT2D eigenvalue weighted by atomic mass is 16.7. The Kier molecular flexibility index (Phi) is 4.63. The van der Waals surface area contributed by atoms with Gasteiger partial charge in [-0.3, -0.25) is 4.79 Å². The molecule has 3 nitrogen and oxygen atoms in total. The quantitative estimate of drug-likeness (QED) is 0.582. The maximum atomic E-state index is 12.0. The molecule has 0 amide bonds. The molecule has 3 heteroatoms. The normalized spacial score (nSPS) is 42.1. The molecule has 5 aliphatic rings. The lowest BCUT2D eigenvalue weighted by Crippen LogP contribution is -2.47. The third kappa shape index (κ3) is 2.80. The molecule has 0 heterocycles. The van der Waals surface area contributed by atoms with E-state index in [9.17, 15) is 4.79 Å². The van der Waals surface area contributed by atoms with Gasteiger partial charge in [0, 0.05) is 26.4 Å². The summed E-state index contributed by atoms with van der Waals surface area (Å²) in [5, 5.41) is 0. The first-order valence-electron chi connectivity index (χ1n) is 11.6. The van der Waals surface area contributed by atoms with E-state index in [0.717, 1.165) is 31.6 Å². The molecular formula is C25H36O3. The van der Waals surface area contributed by atoms with E-state index in [1.807, 2.05) is 13.2 Å². The Labute approximate surface area is 169 Å². The number of methoxy groups -OCH3 is 1. The number of ketones is 1. The van der Waals surface area contributed by atoms with Gasteiger partial charge < -0.3 is 9.47 Å². The van der Waals surface area contributed by atoms with Crippen molar-refractivity contribution >= 4 is 5.78 Å². The second-order valence-electron chi connectivity index (χ2n) is 10.4. The zero-order valence-corrected chi connectivity index (χ0v) is 17.9. The molecule has 5 atom stereocenters. The zero-order valence-electron chi connectivity index (χ0n) is 17.9.